The normalized spacial score (nSPS) is 14.4. The van der Waals surface area contributed by atoms with Crippen LogP contribution in [0.15, 0.2) is 59.0 Å². The van der Waals surface area contributed by atoms with E-state index in [1.54, 1.807) is 0 Å². The number of carbonyl (C=O) groups excluding carboxylic acids is 1. The summed E-state index contributed by atoms with van der Waals surface area (Å²) >= 11 is 0. The summed E-state index contributed by atoms with van der Waals surface area (Å²) in [5.41, 5.74) is 2.63. The molecule has 0 N–H and O–H groups in total. The van der Waals surface area contributed by atoms with E-state index >= 15 is 0 Å². The summed E-state index contributed by atoms with van der Waals surface area (Å²) in [5, 5.41) is 0. The molecule has 1 aromatic heterocycles. The zero-order chi connectivity index (χ0) is 20.8. The van der Waals surface area contributed by atoms with Crippen molar-refractivity contribution >= 4 is 5.97 Å². The van der Waals surface area contributed by atoms with Gasteiger partial charge in [-0.15, -0.1) is 0 Å². The molecule has 6 nitrogen and oxygen atoms in total. The Kier molecular flexibility index (Phi) is 6.44. The Morgan fingerprint density at radius 2 is 1.77 bits per heavy atom. The molecule has 0 saturated carbocycles. The molecule has 0 unspecified atom stereocenters. The predicted molar refractivity (Wildman–Crippen MR) is 111 cm³/mol. The Hall–Kier alpha value is -3.12. The number of aryl methyl sites for hydroxylation is 1. The van der Waals surface area contributed by atoms with Gasteiger partial charge in [-0.05, 0) is 49.6 Å². The number of oxazole rings is 1. The van der Waals surface area contributed by atoms with Crippen molar-refractivity contribution in [1.29, 1.82) is 0 Å². The second-order valence-corrected chi connectivity index (χ2v) is 7.31. The number of hydrogen-bond acceptors (Lipinski definition) is 6. The zero-order valence-corrected chi connectivity index (χ0v) is 17.0. The predicted octanol–water partition coefficient (Wildman–Crippen LogP) is 4.70. The smallest absolute Gasteiger partial charge is 0.309 e. The van der Waals surface area contributed by atoms with E-state index in [0.29, 0.717) is 25.7 Å². The first kappa shape index (κ1) is 20.2. The number of aromatic nitrogens is 1. The van der Waals surface area contributed by atoms with Crippen molar-refractivity contribution in [3.63, 3.8) is 0 Å². The molecule has 6 heteroatoms. The van der Waals surface area contributed by atoms with E-state index in [-0.39, 0.29) is 18.5 Å². The first-order valence-electron chi connectivity index (χ1n) is 10.2. The zero-order valence-electron chi connectivity index (χ0n) is 17.0. The minimum Gasteiger partial charge on any atom is -0.487 e. The van der Waals surface area contributed by atoms with E-state index in [2.05, 4.69) is 4.98 Å². The van der Waals surface area contributed by atoms with E-state index < -0.39 is 0 Å². The minimum atomic E-state index is -0.144. The molecule has 0 spiro atoms. The van der Waals surface area contributed by atoms with Gasteiger partial charge in [-0.2, -0.15) is 0 Å². The molecular weight excluding hydrogens is 382 g/mol. The molecule has 4 rings (SSSR count). The highest BCUT2D eigenvalue weighted by molar-refractivity contribution is 5.72. The Balaban J connectivity index is 1.29. The average Bonchev–Trinajstić information content (AvgIpc) is 3.18. The van der Waals surface area contributed by atoms with Crippen molar-refractivity contribution < 1.29 is 23.4 Å². The highest BCUT2D eigenvalue weighted by Crippen LogP contribution is 2.23. The average molecular weight is 407 g/mol. The molecular formula is C24H25NO5. The fourth-order valence-electron chi connectivity index (χ4n) is 3.31. The molecule has 30 heavy (non-hydrogen) atoms. The third-order valence-corrected chi connectivity index (χ3v) is 5.15. The second-order valence-electron chi connectivity index (χ2n) is 7.31. The standard InChI is InChI=1S/C24H25NO5/c1-17-22(25-23(30-17)19-5-3-2-4-6-19)16-28-21-9-7-18(8-10-21)15-29-24(26)20-11-13-27-14-12-20/h2-10,20H,11-16H2,1H3. The van der Waals surface area contributed by atoms with Gasteiger partial charge in [0.05, 0.1) is 5.92 Å². The van der Waals surface area contributed by atoms with Crippen LogP contribution in [0.3, 0.4) is 0 Å². The monoisotopic (exact) mass is 407 g/mol. The first-order valence-corrected chi connectivity index (χ1v) is 10.2. The maximum Gasteiger partial charge on any atom is 0.309 e. The number of hydrogen-bond donors (Lipinski definition) is 0. The fourth-order valence-corrected chi connectivity index (χ4v) is 3.31. The molecule has 0 aliphatic carbocycles. The number of nitrogens with zero attached hydrogens (tertiary/aromatic N) is 1. The topological polar surface area (TPSA) is 70.8 Å². The lowest BCUT2D eigenvalue weighted by Gasteiger charge is -2.20. The fraction of sp³-hybridized carbons (Fsp3) is 0.333. The van der Waals surface area contributed by atoms with Gasteiger partial charge < -0.3 is 18.6 Å². The second kappa shape index (κ2) is 9.59. The molecule has 1 fully saturated rings. The van der Waals surface area contributed by atoms with E-state index in [1.165, 1.54) is 0 Å². The maximum absolute atomic E-state index is 12.1. The summed E-state index contributed by atoms with van der Waals surface area (Å²) in [6.45, 7) is 3.72. The summed E-state index contributed by atoms with van der Waals surface area (Å²) in [5.74, 6) is 1.86. The van der Waals surface area contributed by atoms with E-state index in [1.807, 2.05) is 61.5 Å². The third kappa shape index (κ3) is 5.07. The van der Waals surface area contributed by atoms with Crippen LogP contribution >= 0.6 is 0 Å². The van der Waals surface area contributed by atoms with Crippen LogP contribution < -0.4 is 4.74 Å². The van der Waals surface area contributed by atoms with E-state index in [4.69, 9.17) is 18.6 Å². The van der Waals surface area contributed by atoms with Crippen LogP contribution in [-0.4, -0.2) is 24.2 Å². The van der Waals surface area contributed by atoms with Crippen LogP contribution in [-0.2, 0) is 27.5 Å². The lowest BCUT2D eigenvalue weighted by Crippen LogP contribution is -2.25. The number of esters is 1. The van der Waals surface area contributed by atoms with Gasteiger partial charge in [-0.3, -0.25) is 4.79 Å². The maximum atomic E-state index is 12.1. The molecule has 0 bridgehead atoms. The molecule has 1 aliphatic rings. The largest absolute Gasteiger partial charge is 0.487 e. The highest BCUT2D eigenvalue weighted by Gasteiger charge is 2.22. The van der Waals surface area contributed by atoms with Crippen LogP contribution in [0.4, 0.5) is 0 Å². The summed E-state index contributed by atoms with van der Waals surface area (Å²) in [4.78, 5) is 16.7. The number of rotatable bonds is 7. The molecule has 2 aromatic carbocycles. The summed E-state index contributed by atoms with van der Waals surface area (Å²) in [7, 11) is 0. The quantitative estimate of drug-likeness (QED) is 0.529. The van der Waals surface area contributed by atoms with Crippen molar-refractivity contribution in [2.45, 2.75) is 33.0 Å². The Morgan fingerprint density at radius 1 is 1.03 bits per heavy atom. The van der Waals surface area contributed by atoms with Gasteiger partial charge in [0.2, 0.25) is 5.89 Å². The minimum absolute atomic E-state index is 0.0483. The molecule has 3 aromatic rings. The molecule has 0 radical (unpaired) electrons. The third-order valence-electron chi connectivity index (χ3n) is 5.15. The summed E-state index contributed by atoms with van der Waals surface area (Å²) in [6, 6.07) is 17.3. The molecule has 2 heterocycles. The highest BCUT2D eigenvalue weighted by atomic mass is 16.5. The van der Waals surface area contributed by atoms with Crippen LogP contribution in [0.2, 0.25) is 0 Å². The Bertz CT molecular complexity index is 959. The van der Waals surface area contributed by atoms with Gasteiger partial charge in [0.15, 0.2) is 0 Å². The first-order chi connectivity index (χ1) is 14.7. The molecule has 1 saturated heterocycles. The Morgan fingerprint density at radius 3 is 2.50 bits per heavy atom. The summed E-state index contributed by atoms with van der Waals surface area (Å²) in [6.07, 6.45) is 1.47. The van der Waals surface area contributed by atoms with Gasteiger partial charge in [0.1, 0.15) is 30.4 Å². The lowest BCUT2D eigenvalue weighted by molar-refractivity contribution is -0.153. The van der Waals surface area contributed by atoms with Gasteiger partial charge in [0.25, 0.3) is 0 Å². The molecule has 1 aliphatic heterocycles. The van der Waals surface area contributed by atoms with Gasteiger partial charge in [-0.25, -0.2) is 4.98 Å². The van der Waals surface area contributed by atoms with Crippen molar-refractivity contribution in [2.75, 3.05) is 13.2 Å². The summed E-state index contributed by atoms with van der Waals surface area (Å²) < 4.78 is 22.3. The number of ether oxygens (including phenoxy) is 3. The van der Waals surface area contributed by atoms with Crippen molar-refractivity contribution in [2.24, 2.45) is 5.92 Å². The molecule has 0 amide bonds. The number of carbonyl (C=O) groups is 1. The molecule has 0 atom stereocenters. The van der Waals surface area contributed by atoms with Gasteiger partial charge in [0, 0.05) is 18.8 Å². The van der Waals surface area contributed by atoms with Crippen LogP contribution in [0.5, 0.6) is 5.75 Å². The van der Waals surface area contributed by atoms with Crippen LogP contribution in [0, 0.1) is 12.8 Å². The van der Waals surface area contributed by atoms with Crippen molar-refractivity contribution in [3.8, 4) is 17.2 Å². The van der Waals surface area contributed by atoms with E-state index in [0.717, 1.165) is 41.2 Å². The number of benzene rings is 2. The molecule has 156 valence electrons. The van der Waals surface area contributed by atoms with E-state index in [9.17, 15) is 4.79 Å². The SMILES string of the molecule is Cc1oc(-c2ccccc2)nc1COc1ccc(COC(=O)C2CCOCC2)cc1. The van der Waals surface area contributed by atoms with Gasteiger partial charge in [-0.1, -0.05) is 30.3 Å². The van der Waals surface area contributed by atoms with Crippen molar-refractivity contribution in [3.05, 3.63) is 71.6 Å². The lowest BCUT2D eigenvalue weighted by atomic mass is 10.0. The van der Waals surface area contributed by atoms with Crippen LogP contribution in [0.25, 0.3) is 11.5 Å². The van der Waals surface area contributed by atoms with Crippen LogP contribution in [0.1, 0.15) is 29.9 Å². The Labute approximate surface area is 175 Å². The van der Waals surface area contributed by atoms with Gasteiger partial charge >= 0.3 is 5.97 Å². The van der Waals surface area contributed by atoms with Crippen molar-refractivity contribution in [1.82, 2.24) is 4.98 Å².